The Hall–Kier alpha value is -1.71. The lowest BCUT2D eigenvalue weighted by Gasteiger charge is -1.87. The van der Waals surface area contributed by atoms with E-state index in [0.29, 0.717) is 5.69 Å². The van der Waals surface area contributed by atoms with Crippen LogP contribution in [0.15, 0.2) is 18.3 Å². The van der Waals surface area contributed by atoms with Crippen LogP contribution in [0.5, 0.6) is 0 Å². The van der Waals surface area contributed by atoms with Crippen LogP contribution in [0.4, 0.5) is 0 Å². The molecule has 4 nitrogen and oxygen atoms in total. The summed E-state index contributed by atoms with van der Waals surface area (Å²) in [6.07, 6.45) is 2.51. The third-order valence-corrected chi connectivity index (χ3v) is 1.62. The SMILES string of the molecule is Cn1cc2nc(C=O)ccc2n1. The summed E-state index contributed by atoms with van der Waals surface area (Å²) in [6, 6.07) is 3.44. The Morgan fingerprint density at radius 1 is 1.42 bits per heavy atom. The number of carbonyl (C=O) groups is 1. The molecule has 2 heterocycles. The molecule has 0 bridgehead atoms. The Bertz CT molecular complexity index is 433. The van der Waals surface area contributed by atoms with Crippen molar-refractivity contribution in [3.05, 3.63) is 24.0 Å². The maximum Gasteiger partial charge on any atom is 0.168 e. The lowest BCUT2D eigenvalue weighted by molar-refractivity contribution is 0.111. The van der Waals surface area contributed by atoms with Gasteiger partial charge < -0.3 is 0 Å². The second-order valence-corrected chi connectivity index (χ2v) is 2.56. The Morgan fingerprint density at radius 2 is 2.25 bits per heavy atom. The number of rotatable bonds is 1. The molecule has 0 aliphatic carbocycles. The first-order chi connectivity index (χ1) is 5.79. The van der Waals surface area contributed by atoms with Crippen molar-refractivity contribution in [2.75, 3.05) is 0 Å². The van der Waals surface area contributed by atoms with Crippen LogP contribution >= 0.6 is 0 Å². The average molecular weight is 161 g/mol. The van der Waals surface area contributed by atoms with Crippen LogP contribution in [0, 0.1) is 0 Å². The van der Waals surface area contributed by atoms with E-state index in [-0.39, 0.29) is 0 Å². The number of nitrogens with zero attached hydrogens (tertiary/aromatic N) is 3. The first kappa shape index (κ1) is 6.97. The van der Waals surface area contributed by atoms with E-state index in [1.165, 1.54) is 0 Å². The maximum absolute atomic E-state index is 10.4. The van der Waals surface area contributed by atoms with E-state index in [0.717, 1.165) is 17.3 Å². The number of aromatic nitrogens is 3. The first-order valence-corrected chi connectivity index (χ1v) is 3.55. The smallest absolute Gasteiger partial charge is 0.168 e. The van der Waals surface area contributed by atoms with Gasteiger partial charge in [-0.3, -0.25) is 9.48 Å². The minimum atomic E-state index is 0.440. The quantitative estimate of drug-likeness (QED) is 0.580. The predicted octanol–water partition coefficient (Wildman–Crippen LogP) is 0.781. The number of aryl methyl sites for hydroxylation is 1. The number of aldehydes is 1. The van der Waals surface area contributed by atoms with Crippen molar-refractivity contribution in [1.82, 2.24) is 14.8 Å². The van der Waals surface area contributed by atoms with Gasteiger partial charge in [0.2, 0.25) is 0 Å². The largest absolute Gasteiger partial charge is 0.296 e. The normalized spacial score (nSPS) is 10.4. The average Bonchev–Trinajstić information content (AvgIpc) is 2.43. The second-order valence-electron chi connectivity index (χ2n) is 2.56. The number of hydrogen-bond donors (Lipinski definition) is 0. The fourth-order valence-corrected chi connectivity index (χ4v) is 1.10. The van der Waals surface area contributed by atoms with E-state index in [9.17, 15) is 4.79 Å². The van der Waals surface area contributed by atoms with Crippen molar-refractivity contribution in [2.24, 2.45) is 7.05 Å². The molecule has 0 radical (unpaired) electrons. The van der Waals surface area contributed by atoms with Crippen LogP contribution in [-0.4, -0.2) is 21.1 Å². The fourth-order valence-electron chi connectivity index (χ4n) is 1.10. The van der Waals surface area contributed by atoms with E-state index in [4.69, 9.17) is 0 Å². The highest BCUT2D eigenvalue weighted by molar-refractivity contribution is 5.80. The van der Waals surface area contributed by atoms with E-state index >= 15 is 0 Å². The van der Waals surface area contributed by atoms with Gasteiger partial charge in [-0.1, -0.05) is 0 Å². The summed E-state index contributed by atoms with van der Waals surface area (Å²) in [6.45, 7) is 0. The van der Waals surface area contributed by atoms with Crippen molar-refractivity contribution in [2.45, 2.75) is 0 Å². The molecule has 0 amide bonds. The highest BCUT2D eigenvalue weighted by atomic mass is 16.1. The summed E-state index contributed by atoms with van der Waals surface area (Å²) in [5.41, 5.74) is 2.00. The molecule has 0 aliphatic heterocycles. The lowest BCUT2D eigenvalue weighted by atomic mass is 10.3. The predicted molar refractivity (Wildman–Crippen MR) is 43.9 cm³/mol. The number of pyridine rings is 1. The molecule has 2 rings (SSSR count). The molecule has 60 valence electrons. The number of carbonyl (C=O) groups excluding carboxylic acids is 1. The monoisotopic (exact) mass is 161 g/mol. The lowest BCUT2D eigenvalue weighted by Crippen LogP contribution is -1.85. The van der Waals surface area contributed by atoms with Crippen molar-refractivity contribution in [3.8, 4) is 0 Å². The Balaban J connectivity index is 2.74. The van der Waals surface area contributed by atoms with Crippen LogP contribution in [0.25, 0.3) is 11.0 Å². The highest BCUT2D eigenvalue weighted by Gasteiger charge is 1.99. The molecule has 12 heavy (non-hydrogen) atoms. The molecule has 2 aromatic rings. The first-order valence-electron chi connectivity index (χ1n) is 3.55. The van der Waals surface area contributed by atoms with Gasteiger partial charge in [-0.15, -0.1) is 0 Å². The summed E-state index contributed by atoms with van der Waals surface area (Å²) in [7, 11) is 1.82. The van der Waals surface area contributed by atoms with Crippen LogP contribution in [0.2, 0.25) is 0 Å². The third-order valence-electron chi connectivity index (χ3n) is 1.62. The Morgan fingerprint density at radius 3 is 3.00 bits per heavy atom. The summed E-state index contributed by atoms with van der Waals surface area (Å²) in [5, 5.41) is 4.13. The Kier molecular flexibility index (Phi) is 1.40. The van der Waals surface area contributed by atoms with Gasteiger partial charge in [-0.2, -0.15) is 5.10 Å². The minimum Gasteiger partial charge on any atom is -0.296 e. The summed E-state index contributed by atoms with van der Waals surface area (Å²) in [5.74, 6) is 0. The van der Waals surface area contributed by atoms with E-state index in [1.807, 2.05) is 7.05 Å². The molecule has 0 saturated carbocycles. The van der Waals surface area contributed by atoms with Crippen molar-refractivity contribution in [1.29, 1.82) is 0 Å². The molecule has 4 heteroatoms. The van der Waals surface area contributed by atoms with Gasteiger partial charge in [0.25, 0.3) is 0 Å². The van der Waals surface area contributed by atoms with E-state index in [2.05, 4.69) is 10.1 Å². The van der Waals surface area contributed by atoms with E-state index in [1.54, 1.807) is 23.0 Å². The van der Waals surface area contributed by atoms with Crippen LogP contribution in [0.1, 0.15) is 10.5 Å². The molecule has 0 aliphatic rings. The molecule has 2 aromatic heterocycles. The highest BCUT2D eigenvalue weighted by Crippen LogP contribution is 2.08. The standard InChI is InChI=1S/C8H7N3O/c1-11-4-8-7(10-11)3-2-6(5-12)9-8/h2-5H,1H3. The van der Waals surface area contributed by atoms with Gasteiger partial charge in [0.1, 0.15) is 16.7 Å². The van der Waals surface area contributed by atoms with E-state index < -0.39 is 0 Å². The fraction of sp³-hybridized carbons (Fsp3) is 0.125. The topological polar surface area (TPSA) is 47.8 Å². The van der Waals surface area contributed by atoms with Gasteiger partial charge in [-0.05, 0) is 12.1 Å². The summed E-state index contributed by atoms with van der Waals surface area (Å²) in [4.78, 5) is 14.4. The van der Waals surface area contributed by atoms with Gasteiger partial charge in [0.15, 0.2) is 6.29 Å². The van der Waals surface area contributed by atoms with Gasteiger partial charge >= 0.3 is 0 Å². The summed E-state index contributed by atoms with van der Waals surface area (Å²) < 4.78 is 1.67. The van der Waals surface area contributed by atoms with Gasteiger partial charge in [0.05, 0.1) is 6.20 Å². The van der Waals surface area contributed by atoms with Gasteiger partial charge in [0, 0.05) is 7.05 Å². The zero-order valence-electron chi connectivity index (χ0n) is 6.56. The number of hydrogen-bond acceptors (Lipinski definition) is 3. The molecule has 0 unspecified atom stereocenters. The molecule has 0 atom stereocenters. The van der Waals surface area contributed by atoms with Crippen molar-refractivity contribution < 1.29 is 4.79 Å². The second kappa shape index (κ2) is 2.41. The van der Waals surface area contributed by atoms with Crippen molar-refractivity contribution in [3.63, 3.8) is 0 Å². The molecule has 0 N–H and O–H groups in total. The molecule has 0 aromatic carbocycles. The van der Waals surface area contributed by atoms with Crippen molar-refractivity contribution >= 4 is 17.3 Å². The molecule has 0 fully saturated rings. The summed E-state index contributed by atoms with van der Waals surface area (Å²) >= 11 is 0. The molecule has 0 spiro atoms. The molecular weight excluding hydrogens is 154 g/mol. The number of fused-ring (bicyclic) bond motifs is 1. The minimum absolute atomic E-state index is 0.440. The zero-order chi connectivity index (χ0) is 8.55. The van der Waals surface area contributed by atoms with Crippen LogP contribution in [0.3, 0.4) is 0 Å². The molecule has 0 saturated heterocycles. The Labute approximate surface area is 68.8 Å². The van der Waals surface area contributed by atoms with Gasteiger partial charge in [-0.25, -0.2) is 4.98 Å². The van der Waals surface area contributed by atoms with Crippen LogP contribution in [-0.2, 0) is 7.05 Å². The van der Waals surface area contributed by atoms with Crippen LogP contribution < -0.4 is 0 Å². The molecular formula is C8H7N3O. The third kappa shape index (κ3) is 0.972. The zero-order valence-corrected chi connectivity index (χ0v) is 6.56. The maximum atomic E-state index is 10.4.